The van der Waals surface area contributed by atoms with E-state index >= 15 is 0 Å². The van der Waals surface area contributed by atoms with Gasteiger partial charge in [-0.3, -0.25) is 0 Å². The molecule has 1 rings (SSSR count). The third kappa shape index (κ3) is 3.02. The van der Waals surface area contributed by atoms with E-state index in [4.69, 9.17) is 15.7 Å². The number of rotatable bonds is 4. The van der Waals surface area contributed by atoms with E-state index in [0.717, 1.165) is 0 Å². The Labute approximate surface area is 80.8 Å². The molecule has 76 valence electrons. The third-order valence-corrected chi connectivity index (χ3v) is 1.59. The summed E-state index contributed by atoms with van der Waals surface area (Å²) in [5.74, 6) is -0.367. The predicted octanol–water partition coefficient (Wildman–Crippen LogP) is 1.09. The lowest BCUT2D eigenvalue weighted by molar-refractivity contribution is 0.151. The van der Waals surface area contributed by atoms with E-state index in [-0.39, 0.29) is 24.9 Å². The number of benzene rings is 1. The molecular formula is C9H11FN2O2. The second-order valence-electron chi connectivity index (χ2n) is 2.68. The van der Waals surface area contributed by atoms with Crippen molar-refractivity contribution in [3.05, 3.63) is 35.6 Å². The van der Waals surface area contributed by atoms with Gasteiger partial charge in [0, 0.05) is 5.56 Å². The summed E-state index contributed by atoms with van der Waals surface area (Å²) in [7, 11) is 0. The van der Waals surface area contributed by atoms with Crippen LogP contribution in [0.25, 0.3) is 0 Å². The second-order valence-corrected chi connectivity index (χ2v) is 2.68. The van der Waals surface area contributed by atoms with Crippen LogP contribution in [-0.4, -0.2) is 17.6 Å². The standard InChI is InChI=1S/C9H11FN2O2/c10-8-4-2-1-3-7(8)5-14-6-9(11)12-13/h1-4,13H,5-6H2,(H2,11,12). The van der Waals surface area contributed by atoms with Crippen molar-refractivity contribution >= 4 is 5.84 Å². The molecule has 0 aliphatic rings. The number of ether oxygens (including phenoxy) is 1. The van der Waals surface area contributed by atoms with Gasteiger partial charge in [0.2, 0.25) is 0 Å². The molecule has 0 atom stereocenters. The predicted molar refractivity (Wildman–Crippen MR) is 49.5 cm³/mol. The fraction of sp³-hybridized carbons (Fsp3) is 0.222. The lowest BCUT2D eigenvalue weighted by atomic mass is 10.2. The molecule has 0 unspecified atom stereocenters. The number of nitrogens with zero attached hydrogens (tertiary/aromatic N) is 1. The van der Waals surface area contributed by atoms with E-state index < -0.39 is 0 Å². The number of amidine groups is 1. The van der Waals surface area contributed by atoms with Crippen LogP contribution < -0.4 is 5.73 Å². The van der Waals surface area contributed by atoms with E-state index in [2.05, 4.69) is 5.16 Å². The van der Waals surface area contributed by atoms with Gasteiger partial charge in [-0.25, -0.2) is 4.39 Å². The van der Waals surface area contributed by atoms with Crippen LogP contribution in [0.15, 0.2) is 29.4 Å². The summed E-state index contributed by atoms with van der Waals surface area (Å²) in [6.07, 6.45) is 0. The zero-order valence-electron chi connectivity index (χ0n) is 7.48. The Balaban J connectivity index is 2.43. The van der Waals surface area contributed by atoms with Gasteiger partial charge in [-0.15, -0.1) is 0 Å². The molecule has 5 heteroatoms. The maximum Gasteiger partial charge on any atom is 0.165 e. The van der Waals surface area contributed by atoms with Gasteiger partial charge in [-0.05, 0) is 6.07 Å². The Morgan fingerprint density at radius 3 is 2.86 bits per heavy atom. The number of oxime groups is 1. The summed E-state index contributed by atoms with van der Waals surface area (Å²) < 4.78 is 18.0. The van der Waals surface area contributed by atoms with Crippen molar-refractivity contribution in [1.29, 1.82) is 0 Å². The highest BCUT2D eigenvalue weighted by molar-refractivity contribution is 5.80. The minimum atomic E-state index is -0.327. The molecular weight excluding hydrogens is 187 g/mol. The molecule has 3 N–H and O–H groups in total. The third-order valence-electron chi connectivity index (χ3n) is 1.59. The molecule has 0 fully saturated rings. The van der Waals surface area contributed by atoms with Gasteiger partial charge in [-0.2, -0.15) is 0 Å². The lowest BCUT2D eigenvalue weighted by Gasteiger charge is -2.03. The summed E-state index contributed by atoms with van der Waals surface area (Å²) in [6, 6.07) is 6.28. The second kappa shape index (κ2) is 5.18. The lowest BCUT2D eigenvalue weighted by Crippen LogP contribution is -2.18. The summed E-state index contributed by atoms with van der Waals surface area (Å²) in [6.45, 7) is 0.0771. The average molecular weight is 198 g/mol. The van der Waals surface area contributed by atoms with Gasteiger partial charge < -0.3 is 15.7 Å². The normalized spacial score (nSPS) is 11.6. The molecule has 0 spiro atoms. The van der Waals surface area contributed by atoms with Crippen molar-refractivity contribution in [3.8, 4) is 0 Å². The molecule has 1 aromatic rings. The topological polar surface area (TPSA) is 67.8 Å². The molecule has 0 saturated heterocycles. The van der Waals surface area contributed by atoms with E-state index in [1.54, 1.807) is 18.2 Å². The molecule has 0 aromatic heterocycles. The molecule has 1 aromatic carbocycles. The fourth-order valence-electron chi connectivity index (χ4n) is 0.910. The largest absolute Gasteiger partial charge is 0.409 e. The first-order valence-corrected chi connectivity index (χ1v) is 4.01. The van der Waals surface area contributed by atoms with E-state index in [1.165, 1.54) is 6.07 Å². The van der Waals surface area contributed by atoms with Gasteiger partial charge in [0.25, 0.3) is 0 Å². The quantitative estimate of drug-likeness (QED) is 0.329. The highest BCUT2D eigenvalue weighted by atomic mass is 19.1. The Bertz CT molecular complexity index is 328. The van der Waals surface area contributed by atoms with E-state index in [1.807, 2.05) is 0 Å². The molecule has 0 amide bonds. The Kier molecular flexibility index (Phi) is 3.87. The Morgan fingerprint density at radius 2 is 2.21 bits per heavy atom. The maximum absolute atomic E-state index is 13.0. The highest BCUT2D eigenvalue weighted by Gasteiger charge is 2.00. The number of hydrogen-bond donors (Lipinski definition) is 2. The molecule has 0 radical (unpaired) electrons. The highest BCUT2D eigenvalue weighted by Crippen LogP contribution is 2.07. The van der Waals surface area contributed by atoms with E-state index in [9.17, 15) is 4.39 Å². The fourth-order valence-corrected chi connectivity index (χ4v) is 0.910. The van der Waals surface area contributed by atoms with Crippen LogP contribution in [-0.2, 0) is 11.3 Å². The van der Waals surface area contributed by atoms with Crippen LogP contribution in [0.5, 0.6) is 0 Å². The molecule has 14 heavy (non-hydrogen) atoms. The minimum Gasteiger partial charge on any atom is -0.409 e. The number of nitrogens with two attached hydrogens (primary N) is 1. The summed E-state index contributed by atoms with van der Waals surface area (Å²) >= 11 is 0. The first-order chi connectivity index (χ1) is 6.74. The smallest absolute Gasteiger partial charge is 0.165 e. The van der Waals surface area contributed by atoms with Crippen LogP contribution in [0.1, 0.15) is 5.56 Å². The molecule has 0 saturated carbocycles. The number of hydrogen-bond acceptors (Lipinski definition) is 3. The van der Waals surface area contributed by atoms with Gasteiger partial charge in [0.05, 0.1) is 6.61 Å². The summed E-state index contributed by atoms with van der Waals surface area (Å²) in [4.78, 5) is 0. The first kappa shape index (κ1) is 10.5. The summed E-state index contributed by atoms with van der Waals surface area (Å²) in [5, 5.41) is 10.9. The van der Waals surface area contributed by atoms with Crippen molar-refractivity contribution in [3.63, 3.8) is 0 Å². The van der Waals surface area contributed by atoms with Crippen molar-refractivity contribution in [2.24, 2.45) is 10.9 Å². The van der Waals surface area contributed by atoms with Crippen molar-refractivity contribution in [2.75, 3.05) is 6.61 Å². The zero-order valence-corrected chi connectivity index (χ0v) is 7.48. The van der Waals surface area contributed by atoms with Crippen molar-refractivity contribution < 1.29 is 14.3 Å². The maximum atomic E-state index is 13.0. The van der Waals surface area contributed by atoms with Crippen molar-refractivity contribution in [2.45, 2.75) is 6.61 Å². The summed E-state index contributed by atoms with van der Waals surface area (Å²) in [5.41, 5.74) is 5.60. The van der Waals surface area contributed by atoms with Crippen LogP contribution in [0.3, 0.4) is 0 Å². The van der Waals surface area contributed by atoms with Crippen LogP contribution in [0.4, 0.5) is 4.39 Å². The molecule has 0 heterocycles. The van der Waals surface area contributed by atoms with Gasteiger partial charge in [-0.1, -0.05) is 23.4 Å². The molecule has 0 aliphatic carbocycles. The average Bonchev–Trinajstić information content (AvgIpc) is 2.20. The molecule has 4 nitrogen and oxygen atoms in total. The Hall–Kier alpha value is -1.62. The van der Waals surface area contributed by atoms with E-state index in [0.29, 0.717) is 5.56 Å². The minimum absolute atomic E-state index is 0.0230. The van der Waals surface area contributed by atoms with Crippen molar-refractivity contribution in [1.82, 2.24) is 0 Å². The zero-order chi connectivity index (χ0) is 10.4. The SMILES string of the molecule is NC(COCc1ccccc1F)=NO. The van der Waals surface area contributed by atoms with Crippen LogP contribution >= 0.6 is 0 Å². The van der Waals surface area contributed by atoms with Crippen LogP contribution in [0.2, 0.25) is 0 Å². The Morgan fingerprint density at radius 1 is 1.50 bits per heavy atom. The molecule has 0 bridgehead atoms. The monoisotopic (exact) mass is 198 g/mol. The first-order valence-electron chi connectivity index (χ1n) is 4.01. The van der Waals surface area contributed by atoms with Gasteiger partial charge in [0.1, 0.15) is 12.4 Å². The van der Waals surface area contributed by atoms with Gasteiger partial charge >= 0.3 is 0 Å². The van der Waals surface area contributed by atoms with Crippen LogP contribution in [0, 0.1) is 5.82 Å². The van der Waals surface area contributed by atoms with Gasteiger partial charge in [0.15, 0.2) is 5.84 Å². The number of halogens is 1. The molecule has 0 aliphatic heterocycles.